The summed E-state index contributed by atoms with van der Waals surface area (Å²) in [5, 5.41) is 18.2. The van der Waals surface area contributed by atoms with Crippen molar-refractivity contribution in [1.29, 1.82) is 0 Å². The Bertz CT molecular complexity index is 1930. The highest BCUT2D eigenvalue weighted by Gasteiger charge is 2.19. The number of aromatic carboxylic acids is 1. The van der Waals surface area contributed by atoms with Gasteiger partial charge < -0.3 is 10.4 Å². The molecule has 41 heavy (non-hydrogen) atoms. The predicted octanol–water partition coefficient (Wildman–Crippen LogP) is 6.65. The van der Waals surface area contributed by atoms with Crippen LogP contribution in [0.25, 0.3) is 27.4 Å². The number of fused-ring (bicyclic) bond motifs is 2. The summed E-state index contributed by atoms with van der Waals surface area (Å²) in [5.74, 6) is -2.14. The molecule has 6 aromatic rings. The molecule has 0 unspecified atom stereocenters. The maximum atomic E-state index is 15.1. The predicted molar refractivity (Wildman–Crippen MR) is 152 cm³/mol. The fraction of sp³-hybridized carbons (Fsp3) is 0.0606. The molecule has 0 saturated heterocycles. The molecule has 0 fully saturated rings. The number of rotatable bonds is 7. The number of carboxylic acid groups (broad SMARTS) is 1. The maximum Gasteiger partial charge on any atom is 0.335 e. The van der Waals surface area contributed by atoms with Gasteiger partial charge in [0.15, 0.2) is 0 Å². The molecule has 0 bridgehead atoms. The number of nitrogens with zero attached hydrogens (tertiary/aromatic N) is 2. The topological polar surface area (TPSA) is 83.7 Å². The number of halogens is 2. The van der Waals surface area contributed by atoms with Crippen molar-refractivity contribution in [1.82, 2.24) is 14.9 Å². The molecule has 0 saturated carbocycles. The molecule has 2 aromatic heterocycles. The fourth-order valence-electron chi connectivity index (χ4n) is 4.93. The molecule has 8 heteroatoms. The average Bonchev–Trinajstić information content (AvgIpc) is 3.39. The molecular weight excluding hydrogens is 524 g/mol. The van der Waals surface area contributed by atoms with Gasteiger partial charge >= 0.3 is 5.97 Å². The van der Waals surface area contributed by atoms with E-state index in [0.717, 1.165) is 16.3 Å². The largest absolute Gasteiger partial charge is 0.478 e. The van der Waals surface area contributed by atoms with Crippen LogP contribution >= 0.6 is 0 Å². The molecule has 6 rings (SSSR count). The number of nitrogens with one attached hydrogen (secondary N) is 1. The summed E-state index contributed by atoms with van der Waals surface area (Å²) in [4.78, 5) is 24.8. The van der Waals surface area contributed by atoms with Crippen LogP contribution in [0.3, 0.4) is 0 Å². The third-order valence-corrected chi connectivity index (χ3v) is 7.06. The number of benzene rings is 4. The SMILES string of the molecule is O=C(O)c1ccc(CNC(=O)c2cc(-c3ccc(F)cc3)cn3ncc(Cc4cc5ccccc5cc4F)c23)cc1. The second-order valence-corrected chi connectivity index (χ2v) is 9.76. The van der Waals surface area contributed by atoms with Gasteiger partial charge in [-0.2, -0.15) is 5.10 Å². The van der Waals surface area contributed by atoms with Crippen LogP contribution in [0.1, 0.15) is 37.4 Å². The van der Waals surface area contributed by atoms with Crippen LogP contribution in [0.2, 0.25) is 0 Å². The molecular formula is C33H23F2N3O3. The van der Waals surface area contributed by atoms with Crippen molar-refractivity contribution in [2.24, 2.45) is 0 Å². The van der Waals surface area contributed by atoms with Crippen LogP contribution in [-0.2, 0) is 13.0 Å². The van der Waals surface area contributed by atoms with Crippen molar-refractivity contribution in [2.45, 2.75) is 13.0 Å². The number of carboxylic acids is 1. The third kappa shape index (κ3) is 5.27. The fourth-order valence-corrected chi connectivity index (χ4v) is 4.93. The van der Waals surface area contributed by atoms with Gasteiger partial charge in [0.1, 0.15) is 11.6 Å². The lowest BCUT2D eigenvalue weighted by Gasteiger charge is -2.12. The quantitative estimate of drug-likeness (QED) is 0.234. The van der Waals surface area contributed by atoms with E-state index < -0.39 is 5.97 Å². The van der Waals surface area contributed by atoms with Gasteiger partial charge in [0, 0.05) is 30.3 Å². The van der Waals surface area contributed by atoms with E-state index in [0.29, 0.717) is 33.3 Å². The minimum atomic E-state index is -1.03. The molecule has 0 aliphatic carbocycles. The number of carbonyl (C=O) groups is 2. The summed E-state index contributed by atoms with van der Waals surface area (Å²) >= 11 is 0. The molecule has 1 amide bonds. The minimum absolute atomic E-state index is 0.151. The van der Waals surface area contributed by atoms with Crippen molar-refractivity contribution >= 4 is 28.2 Å². The number of hydrogen-bond acceptors (Lipinski definition) is 3. The summed E-state index contributed by atoms with van der Waals surface area (Å²) < 4.78 is 30.3. The Hall–Kier alpha value is -5.37. The van der Waals surface area contributed by atoms with Crippen LogP contribution in [0.15, 0.2) is 103 Å². The van der Waals surface area contributed by atoms with Gasteiger partial charge in [-0.15, -0.1) is 0 Å². The zero-order valence-electron chi connectivity index (χ0n) is 21.6. The smallest absolute Gasteiger partial charge is 0.335 e. The first kappa shape index (κ1) is 25.9. The van der Waals surface area contributed by atoms with E-state index in [1.165, 1.54) is 30.3 Å². The van der Waals surface area contributed by atoms with Crippen molar-refractivity contribution < 1.29 is 23.5 Å². The van der Waals surface area contributed by atoms with E-state index >= 15 is 4.39 Å². The average molecular weight is 548 g/mol. The van der Waals surface area contributed by atoms with E-state index in [2.05, 4.69) is 10.4 Å². The van der Waals surface area contributed by atoms with Gasteiger partial charge in [0.2, 0.25) is 0 Å². The molecule has 4 aromatic carbocycles. The highest BCUT2D eigenvalue weighted by molar-refractivity contribution is 6.02. The van der Waals surface area contributed by atoms with Crippen molar-refractivity contribution in [2.75, 3.05) is 0 Å². The summed E-state index contributed by atoms with van der Waals surface area (Å²) in [6, 6.07) is 24.7. The first-order valence-corrected chi connectivity index (χ1v) is 12.9. The van der Waals surface area contributed by atoms with Gasteiger partial charge in [0.25, 0.3) is 5.91 Å². The summed E-state index contributed by atoms with van der Waals surface area (Å²) in [7, 11) is 0. The second kappa shape index (κ2) is 10.7. The number of carbonyl (C=O) groups excluding carboxylic acids is 1. The Morgan fingerprint density at radius 2 is 1.54 bits per heavy atom. The van der Waals surface area contributed by atoms with Crippen LogP contribution in [0.5, 0.6) is 0 Å². The zero-order valence-corrected chi connectivity index (χ0v) is 21.6. The molecule has 0 aliphatic heterocycles. The zero-order chi connectivity index (χ0) is 28.5. The van der Waals surface area contributed by atoms with Gasteiger partial charge in [-0.25, -0.2) is 18.1 Å². The minimum Gasteiger partial charge on any atom is -0.478 e. The number of amides is 1. The first-order chi connectivity index (χ1) is 19.9. The van der Waals surface area contributed by atoms with E-state index in [-0.39, 0.29) is 36.1 Å². The van der Waals surface area contributed by atoms with Crippen LogP contribution in [-0.4, -0.2) is 26.6 Å². The molecule has 0 aliphatic rings. The Balaban J connectivity index is 1.39. The standard InChI is InChI=1S/C33H23F2N3O3/c34-28-11-9-21(10-12-28)27-15-29(32(39)36-17-20-5-7-22(8-6-20)33(40)41)31-26(18-37-38(31)19-27)14-25-13-23-3-1-2-4-24(23)16-30(25)35/h1-13,15-16,18-19H,14,17H2,(H,36,39)(H,40,41). The van der Waals surface area contributed by atoms with Gasteiger partial charge in [-0.3, -0.25) is 4.79 Å². The summed E-state index contributed by atoms with van der Waals surface area (Å²) in [6.45, 7) is 0.161. The Labute approximate surface area is 233 Å². The molecule has 0 radical (unpaired) electrons. The Morgan fingerprint density at radius 1 is 0.829 bits per heavy atom. The van der Waals surface area contributed by atoms with E-state index in [1.807, 2.05) is 30.3 Å². The van der Waals surface area contributed by atoms with Gasteiger partial charge in [0.05, 0.1) is 22.8 Å². The van der Waals surface area contributed by atoms with E-state index in [9.17, 15) is 14.0 Å². The lowest BCUT2D eigenvalue weighted by atomic mass is 9.98. The lowest BCUT2D eigenvalue weighted by Crippen LogP contribution is -2.24. The highest BCUT2D eigenvalue weighted by Crippen LogP contribution is 2.28. The summed E-state index contributed by atoms with van der Waals surface area (Å²) in [5.41, 5.74) is 4.22. The maximum absolute atomic E-state index is 15.1. The van der Waals surface area contributed by atoms with Crippen LogP contribution in [0, 0.1) is 11.6 Å². The normalized spacial score (nSPS) is 11.2. The van der Waals surface area contributed by atoms with Crippen LogP contribution < -0.4 is 5.32 Å². The molecule has 202 valence electrons. The first-order valence-electron chi connectivity index (χ1n) is 12.9. The molecule has 0 atom stereocenters. The third-order valence-electron chi connectivity index (χ3n) is 7.06. The Kier molecular flexibility index (Phi) is 6.73. The molecule has 0 spiro atoms. The Morgan fingerprint density at radius 3 is 2.24 bits per heavy atom. The monoisotopic (exact) mass is 547 g/mol. The van der Waals surface area contributed by atoms with Gasteiger partial charge in [-0.05, 0) is 69.9 Å². The van der Waals surface area contributed by atoms with E-state index in [4.69, 9.17) is 5.11 Å². The van der Waals surface area contributed by atoms with Crippen molar-refractivity contribution in [3.63, 3.8) is 0 Å². The number of hydrogen-bond donors (Lipinski definition) is 2. The lowest BCUT2D eigenvalue weighted by molar-refractivity contribution is 0.0696. The molecule has 2 heterocycles. The molecule has 2 N–H and O–H groups in total. The number of aromatic nitrogens is 2. The number of pyridine rings is 1. The van der Waals surface area contributed by atoms with Gasteiger partial charge in [-0.1, -0.05) is 48.5 Å². The molecule has 6 nitrogen and oxygen atoms in total. The van der Waals surface area contributed by atoms with Crippen LogP contribution in [0.4, 0.5) is 8.78 Å². The van der Waals surface area contributed by atoms with Crippen molar-refractivity contribution in [3.8, 4) is 11.1 Å². The van der Waals surface area contributed by atoms with Crippen molar-refractivity contribution in [3.05, 3.63) is 143 Å². The highest BCUT2D eigenvalue weighted by atomic mass is 19.1. The van der Waals surface area contributed by atoms with E-state index in [1.54, 1.807) is 47.2 Å². The second-order valence-electron chi connectivity index (χ2n) is 9.76. The summed E-state index contributed by atoms with van der Waals surface area (Å²) in [6.07, 6.45) is 3.59.